The molecule has 57 heavy (non-hydrogen) atoms. The topological polar surface area (TPSA) is 0 Å². The average Bonchev–Trinajstić information content (AvgIpc) is 3.73. The van der Waals surface area contributed by atoms with Gasteiger partial charge in [0.1, 0.15) is 0 Å². The van der Waals surface area contributed by atoms with E-state index in [0.29, 0.717) is 0 Å². The number of hydrogen-bond donors (Lipinski definition) is 0. The third-order valence-corrected chi connectivity index (χ3v) is 50.7. The van der Waals surface area contributed by atoms with Crippen LogP contribution in [0.3, 0.4) is 0 Å². The molecule has 2 aliphatic carbocycles. The molecule has 0 nitrogen and oxygen atoms in total. The van der Waals surface area contributed by atoms with Crippen molar-refractivity contribution in [2.45, 2.75) is 66.5 Å². The van der Waals surface area contributed by atoms with Crippen molar-refractivity contribution in [1.29, 1.82) is 0 Å². The van der Waals surface area contributed by atoms with E-state index in [1.54, 1.807) is 0 Å². The van der Waals surface area contributed by atoms with Crippen molar-refractivity contribution in [3.05, 3.63) is 197 Å². The molecule has 9 rings (SSSR count). The van der Waals surface area contributed by atoms with Gasteiger partial charge in [-0.15, -0.1) is 0 Å². The molecule has 0 heterocycles. The fourth-order valence-electron chi connectivity index (χ4n) is 10.1. The molecule has 0 bridgehead atoms. The summed E-state index contributed by atoms with van der Waals surface area (Å²) in [5.74, 6) is 0. The van der Waals surface area contributed by atoms with Crippen LogP contribution in [-0.2, 0) is 25.8 Å². The summed E-state index contributed by atoms with van der Waals surface area (Å²) < 4.78 is -0.284. The van der Waals surface area contributed by atoms with E-state index in [0.717, 1.165) is 0 Å². The monoisotopic (exact) mass is 874 g/mol. The fourth-order valence-corrected chi connectivity index (χ4v) is 55.1. The van der Waals surface area contributed by atoms with Gasteiger partial charge in [0.15, 0.2) is 0 Å². The number of fused-ring (bicyclic) bond motifs is 5. The van der Waals surface area contributed by atoms with Gasteiger partial charge in [0, 0.05) is 0 Å². The molecule has 0 spiro atoms. The second-order valence-corrected chi connectivity index (χ2v) is 53.5. The predicted octanol–water partition coefficient (Wildman–Crippen LogP) is 14.1. The summed E-state index contributed by atoms with van der Waals surface area (Å²) in [5, 5.41) is 5.06. The van der Waals surface area contributed by atoms with E-state index in [9.17, 15) is 17.0 Å². The molecular formula is C53H50Cl2SiZr. The van der Waals surface area contributed by atoms with Crippen molar-refractivity contribution in [2.75, 3.05) is 0 Å². The van der Waals surface area contributed by atoms with E-state index in [4.69, 9.17) is 0 Å². The molecule has 0 N–H and O–H groups in total. The first kappa shape index (κ1) is 38.7. The van der Waals surface area contributed by atoms with E-state index in [1.165, 1.54) is 82.4 Å². The molecule has 284 valence electrons. The molecular weight excluding hydrogens is 827 g/mol. The molecule has 0 aliphatic heterocycles. The first-order valence-corrected chi connectivity index (χ1v) is 34.7. The van der Waals surface area contributed by atoms with E-state index in [2.05, 4.69) is 212 Å². The van der Waals surface area contributed by atoms with Crippen LogP contribution in [0.15, 0.2) is 163 Å². The third kappa shape index (κ3) is 6.25. The van der Waals surface area contributed by atoms with Gasteiger partial charge in [-0.05, 0) is 0 Å². The van der Waals surface area contributed by atoms with Crippen LogP contribution in [0.1, 0.15) is 89.1 Å². The zero-order valence-corrected chi connectivity index (χ0v) is 39.0. The van der Waals surface area contributed by atoms with Gasteiger partial charge in [0.2, 0.25) is 0 Å². The quantitative estimate of drug-likeness (QED) is 0.151. The molecule has 0 aromatic heterocycles. The van der Waals surface area contributed by atoms with Crippen LogP contribution in [0.2, 0.25) is 0 Å². The summed E-state index contributed by atoms with van der Waals surface area (Å²) in [4.78, 5) is 0. The number of allylic oxidation sites excluding steroid dienone is 1. The summed E-state index contributed by atoms with van der Waals surface area (Å²) in [6.45, 7) is 16.2. The van der Waals surface area contributed by atoms with Gasteiger partial charge in [-0.1, -0.05) is 0 Å². The minimum absolute atomic E-state index is 0.0510. The summed E-state index contributed by atoms with van der Waals surface area (Å²) in [7, 11) is 18.9. The maximum atomic E-state index is 9.43. The Morgan fingerprint density at radius 1 is 0.474 bits per heavy atom. The van der Waals surface area contributed by atoms with Crippen molar-refractivity contribution in [2.24, 2.45) is 0 Å². The Balaban J connectivity index is 1.47. The number of halogens is 2. The Morgan fingerprint density at radius 3 is 1.53 bits per heavy atom. The molecule has 0 saturated heterocycles. The summed E-state index contributed by atoms with van der Waals surface area (Å²) >= 11 is -5.67. The van der Waals surface area contributed by atoms with Gasteiger partial charge in [-0.25, -0.2) is 0 Å². The van der Waals surface area contributed by atoms with Gasteiger partial charge >= 0.3 is 350 Å². The van der Waals surface area contributed by atoms with Gasteiger partial charge < -0.3 is 0 Å². The van der Waals surface area contributed by atoms with Gasteiger partial charge in [-0.3, -0.25) is 0 Å². The van der Waals surface area contributed by atoms with Gasteiger partial charge in [-0.2, -0.15) is 0 Å². The van der Waals surface area contributed by atoms with Gasteiger partial charge in [0.25, 0.3) is 0 Å². The summed E-state index contributed by atoms with van der Waals surface area (Å²) in [5.41, 5.74) is 12.1. The molecule has 2 aliphatic rings. The minimum atomic E-state index is -5.67. The Morgan fingerprint density at radius 2 is 0.965 bits per heavy atom. The third-order valence-electron chi connectivity index (χ3n) is 12.8. The van der Waals surface area contributed by atoms with Crippen LogP contribution < -0.4 is 10.4 Å². The van der Waals surface area contributed by atoms with Crippen LogP contribution in [0.5, 0.6) is 0 Å². The van der Waals surface area contributed by atoms with Crippen LogP contribution in [0.4, 0.5) is 0 Å². The Bertz CT molecular complexity index is 2720. The Hall–Kier alpha value is -3.78. The molecule has 0 saturated carbocycles. The SMILES string of the molecule is CC1=Cc2c(-c3cccc4ccccc34)cccc2[CH]1[Zr]([Cl])([Cl])([CH]1c2cc(C(C)(C)C)ccc2-c2ccc(C(C)(C)C)cc21)=[Si](c1ccccc1)c1ccccc1. The number of benzene rings is 7. The zero-order chi connectivity index (χ0) is 39.9. The number of rotatable bonds is 5. The molecule has 0 amide bonds. The molecule has 1 atom stereocenters. The summed E-state index contributed by atoms with van der Waals surface area (Å²) in [6, 6.07) is 58.9. The maximum absolute atomic E-state index is 9.43. The van der Waals surface area contributed by atoms with Crippen molar-refractivity contribution < 1.29 is 15.0 Å². The van der Waals surface area contributed by atoms with E-state index >= 15 is 0 Å². The van der Waals surface area contributed by atoms with Crippen LogP contribution in [-0.4, -0.2) is 5.43 Å². The van der Waals surface area contributed by atoms with Crippen molar-refractivity contribution in [3.63, 3.8) is 0 Å². The molecule has 4 heteroatoms. The van der Waals surface area contributed by atoms with Crippen molar-refractivity contribution >= 4 is 49.7 Å². The van der Waals surface area contributed by atoms with E-state index in [-0.39, 0.29) is 18.1 Å². The fraction of sp³-hybridized carbons (Fsp3) is 0.208. The Kier molecular flexibility index (Phi) is 9.45. The normalized spacial score (nSPS) is 15.6. The van der Waals surface area contributed by atoms with E-state index < -0.39 is 20.4 Å². The standard InChI is InChI=1S/C21H25.C20H15.C12H10Si.2ClH.Zr/c1-20(2,3)16-7-9-18-14(12-16)11-15-13-17(21(4,5)6)8-10-19(15)18;1-14-12-16-8-5-11-19(20(16)13-14)18-10-4-7-15-6-2-3-9-17(15)18;1-3-7-11(8-4-1)13-12-9-5-2-6-10-12;;;/h7-13H,1-6H3;2-13H,1H3;1-10H;2*1H;/q;;;;;+2/p-2. The van der Waals surface area contributed by atoms with Crippen molar-refractivity contribution in [1.82, 2.24) is 0 Å². The Labute approximate surface area is 347 Å². The first-order valence-electron chi connectivity index (χ1n) is 20.3. The molecule has 7 aromatic rings. The van der Waals surface area contributed by atoms with Crippen LogP contribution in [0, 0.1) is 0 Å². The average molecular weight is 877 g/mol. The van der Waals surface area contributed by atoms with Crippen LogP contribution >= 0.6 is 17.0 Å². The van der Waals surface area contributed by atoms with E-state index in [1.807, 2.05) is 0 Å². The second kappa shape index (κ2) is 13.9. The molecule has 1 unspecified atom stereocenters. The number of hydrogen-bond acceptors (Lipinski definition) is 0. The van der Waals surface area contributed by atoms with Crippen molar-refractivity contribution in [3.8, 4) is 22.3 Å². The molecule has 7 aromatic carbocycles. The first-order chi connectivity index (χ1) is 27.2. The second-order valence-electron chi connectivity index (χ2n) is 18.5. The zero-order valence-electron chi connectivity index (χ0n) is 34.0. The predicted molar refractivity (Wildman–Crippen MR) is 247 cm³/mol. The van der Waals surface area contributed by atoms with Gasteiger partial charge in [0.05, 0.1) is 0 Å². The summed E-state index contributed by atoms with van der Waals surface area (Å²) in [6.07, 6.45) is 2.44. The molecule has 0 radical (unpaired) electrons. The molecule has 0 fully saturated rings. The van der Waals surface area contributed by atoms with Crippen LogP contribution in [0.25, 0.3) is 39.1 Å².